The van der Waals surface area contributed by atoms with Gasteiger partial charge in [0.1, 0.15) is 0 Å². The summed E-state index contributed by atoms with van der Waals surface area (Å²) >= 11 is 6.21. The maximum atomic E-state index is 12.2. The summed E-state index contributed by atoms with van der Waals surface area (Å²) in [6, 6.07) is 7.93. The van der Waals surface area contributed by atoms with Gasteiger partial charge >= 0.3 is 0 Å². The first-order valence-electron chi connectivity index (χ1n) is 7.72. The highest BCUT2D eigenvalue weighted by molar-refractivity contribution is 6.35. The number of benzene rings is 1. The van der Waals surface area contributed by atoms with Crippen LogP contribution in [-0.4, -0.2) is 42.7 Å². The van der Waals surface area contributed by atoms with E-state index in [4.69, 9.17) is 16.3 Å². The van der Waals surface area contributed by atoms with Gasteiger partial charge in [0.2, 0.25) is 0 Å². The lowest BCUT2D eigenvalue weighted by Crippen LogP contribution is -2.34. The fourth-order valence-electron chi connectivity index (χ4n) is 3.27. The first kappa shape index (κ1) is 15.5. The smallest absolute Gasteiger partial charge is 0.256 e. The van der Waals surface area contributed by atoms with Crippen molar-refractivity contribution >= 4 is 22.4 Å². The van der Waals surface area contributed by atoms with Gasteiger partial charge in [-0.1, -0.05) is 17.7 Å². The second-order valence-electron chi connectivity index (χ2n) is 5.86. The van der Waals surface area contributed by atoms with Crippen LogP contribution in [0.4, 0.5) is 0 Å². The number of rotatable bonds is 5. The summed E-state index contributed by atoms with van der Waals surface area (Å²) < 4.78 is 5.28. The monoisotopic (exact) mass is 320 g/mol. The average molecular weight is 321 g/mol. The average Bonchev–Trinajstić information content (AvgIpc) is 2.94. The number of aromatic amines is 1. The molecule has 0 unspecified atom stereocenters. The van der Waals surface area contributed by atoms with Gasteiger partial charge in [0.25, 0.3) is 5.56 Å². The summed E-state index contributed by atoms with van der Waals surface area (Å²) in [5.74, 6) is 0. The van der Waals surface area contributed by atoms with Crippen molar-refractivity contribution < 1.29 is 4.74 Å². The first-order chi connectivity index (χ1) is 10.7. The third-order valence-corrected chi connectivity index (χ3v) is 4.75. The highest BCUT2D eigenvalue weighted by atomic mass is 35.5. The quantitative estimate of drug-likeness (QED) is 0.921. The van der Waals surface area contributed by atoms with Crippen molar-refractivity contribution in [3.8, 4) is 0 Å². The number of pyridine rings is 1. The molecule has 3 rings (SSSR count). The van der Waals surface area contributed by atoms with Crippen molar-refractivity contribution in [2.45, 2.75) is 25.3 Å². The molecule has 1 fully saturated rings. The molecule has 4 nitrogen and oxygen atoms in total. The molecule has 0 amide bonds. The summed E-state index contributed by atoms with van der Waals surface area (Å²) in [6.07, 6.45) is 3.22. The van der Waals surface area contributed by atoms with Gasteiger partial charge in [0.15, 0.2) is 0 Å². The van der Waals surface area contributed by atoms with Gasteiger partial charge in [-0.25, -0.2) is 0 Å². The Kier molecular flexibility index (Phi) is 4.81. The molecule has 1 aromatic carbocycles. The molecule has 2 aromatic rings. The number of hydrogen-bond donors (Lipinski definition) is 1. The van der Waals surface area contributed by atoms with E-state index in [1.54, 1.807) is 19.2 Å². The molecule has 0 bridgehead atoms. The van der Waals surface area contributed by atoms with Crippen molar-refractivity contribution in [1.29, 1.82) is 0 Å². The number of H-pyrrole nitrogens is 1. The van der Waals surface area contributed by atoms with Gasteiger partial charge in [-0.3, -0.25) is 9.69 Å². The van der Waals surface area contributed by atoms with Crippen molar-refractivity contribution in [1.82, 2.24) is 9.88 Å². The van der Waals surface area contributed by atoms with E-state index in [0.29, 0.717) is 16.5 Å². The molecule has 0 spiro atoms. The molecule has 2 heterocycles. The fraction of sp³-hybridized carbons (Fsp3) is 0.471. The number of nitrogens with zero attached hydrogens (tertiary/aromatic N) is 1. The molecule has 5 heteroatoms. The number of nitrogens with one attached hydrogen (secondary N) is 1. The topological polar surface area (TPSA) is 45.3 Å². The zero-order valence-corrected chi connectivity index (χ0v) is 13.5. The minimum absolute atomic E-state index is 0.0649. The second-order valence-corrected chi connectivity index (χ2v) is 6.27. The van der Waals surface area contributed by atoms with Crippen LogP contribution in [0.1, 0.15) is 18.5 Å². The Balaban J connectivity index is 1.77. The van der Waals surface area contributed by atoms with Gasteiger partial charge in [-0.15, -0.1) is 0 Å². The predicted molar refractivity (Wildman–Crippen MR) is 89.8 cm³/mol. The van der Waals surface area contributed by atoms with E-state index < -0.39 is 0 Å². The Hall–Kier alpha value is -1.36. The maximum Gasteiger partial charge on any atom is 0.256 e. The number of methoxy groups -OCH3 is 1. The molecule has 1 aliphatic heterocycles. The molecule has 1 aliphatic rings. The molecule has 0 saturated carbocycles. The van der Waals surface area contributed by atoms with Crippen LogP contribution in [0, 0.1) is 0 Å². The molecule has 1 saturated heterocycles. The molecular weight excluding hydrogens is 300 g/mol. The van der Waals surface area contributed by atoms with Crippen LogP contribution >= 0.6 is 11.6 Å². The molecule has 1 aromatic heterocycles. The van der Waals surface area contributed by atoms with E-state index in [9.17, 15) is 4.79 Å². The highest BCUT2D eigenvalue weighted by Crippen LogP contribution is 2.22. The standard InChI is InChI=1S/C17H21ClN2O2/c1-22-11-13-4-3-8-20(13)9-7-12-10-15-14(17(21)19-12)5-2-6-16(15)18/h2,5-6,10,13H,3-4,7-9,11H2,1H3,(H,19,21)/t13-/m1/s1. The maximum absolute atomic E-state index is 12.2. The zero-order chi connectivity index (χ0) is 15.5. The van der Waals surface area contributed by atoms with Crippen molar-refractivity contribution in [3.63, 3.8) is 0 Å². The van der Waals surface area contributed by atoms with Crippen LogP contribution < -0.4 is 5.56 Å². The fourth-order valence-corrected chi connectivity index (χ4v) is 3.50. The molecule has 0 radical (unpaired) electrons. The summed E-state index contributed by atoms with van der Waals surface area (Å²) in [6.45, 7) is 2.81. The minimum atomic E-state index is -0.0649. The Morgan fingerprint density at radius 3 is 3.09 bits per heavy atom. The van der Waals surface area contributed by atoms with Crippen LogP contribution in [0.25, 0.3) is 10.8 Å². The van der Waals surface area contributed by atoms with Crippen molar-refractivity contribution in [2.75, 3.05) is 26.8 Å². The van der Waals surface area contributed by atoms with E-state index in [0.717, 1.165) is 37.2 Å². The number of halogens is 1. The van der Waals surface area contributed by atoms with E-state index in [2.05, 4.69) is 9.88 Å². The Morgan fingerprint density at radius 1 is 1.41 bits per heavy atom. The second kappa shape index (κ2) is 6.82. The predicted octanol–water partition coefficient (Wildman–Crippen LogP) is 2.83. The number of likely N-dealkylation sites (tertiary alicyclic amines) is 1. The van der Waals surface area contributed by atoms with Gasteiger partial charge in [0, 0.05) is 47.6 Å². The number of aromatic nitrogens is 1. The summed E-state index contributed by atoms with van der Waals surface area (Å²) in [5.41, 5.74) is 0.874. The number of fused-ring (bicyclic) bond motifs is 1. The number of ether oxygens (including phenoxy) is 1. The molecular formula is C17H21ClN2O2. The van der Waals surface area contributed by atoms with E-state index in [1.165, 1.54) is 12.8 Å². The normalized spacial score (nSPS) is 19.1. The van der Waals surface area contributed by atoms with Crippen LogP contribution in [-0.2, 0) is 11.2 Å². The first-order valence-corrected chi connectivity index (χ1v) is 8.10. The molecule has 0 aliphatic carbocycles. The molecule has 22 heavy (non-hydrogen) atoms. The summed E-state index contributed by atoms with van der Waals surface area (Å²) in [5, 5.41) is 2.11. The van der Waals surface area contributed by atoms with Gasteiger partial charge in [-0.2, -0.15) is 0 Å². The van der Waals surface area contributed by atoms with Crippen LogP contribution in [0.15, 0.2) is 29.1 Å². The minimum Gasteiger partial charge on any atom is -0.383 e. The molecule has 1 N–H and O–H groups in total. The SMILES string of the molecule is COC[C@H]1CCCN1CCc1cc2c(Cl)cccc2c(=O)[nH]1. The van der Waals surface area contributed by atoms with Gasteiger partial charge in [-0.05, 0) is 37.6 Å². The van der Waals surface area contributed by atoms with Gasteiger partial charge < -0.3 is 9.72 Å². The lowest BCUT2D eigenvalue weighted by molar-refractivity contribution is 0.116. The van der Waals surface area contributed by atoms with Crippen LogP contribution in [0.5, 0.6) is 0 Å². The highest BCUT2D eigenvalue weighted by Gasteiger charge is 2.23. The summed E-state index contributed by atoms with van der Waals surface area (Å²) in [4.78, 5) is 17.6. The Labute approximate surface area is 135 Å². The van der Waals surface area contributed by atoms with Crippen molar-refractivity contribution in [2.24, 2.45) is 0 Å². The van der Waals surface area contributed by atoms with Crippen LogP contribution in [0.2, 0.25) is 5.02 Å². The Morgan fingerprint density at radius 2 is 2.27 bits per heavy atom. The molecule has 1 atom stereocenters. The lowest BCUT2D eigenvalue weighted by Gasteiger charge is -2.23. The summed E-state index contributed by atoms with van der Waals surface area (Å²) in [7, 11) is 1.75. The number of hydrogen-bond acceptors (Lipinski definition) is 3. The van der Waals surface area contributed by atoms with E-state index >= 15 is 0 Å². The largest absolute Gasteiger partial charge is 0.383 e. The van der Waals surface area contributed by atoms with Crippen molar-refractivity contribution in [3.05, 3.63) is 45.3 Å². The van der Waals surface area contributed by atoms with E-state index in [1.807, 2.05) is 12.1 Å². The Bertz CT molecular complexity index is 713. The van der Waals surface area contributed by atoms with E-state index in [-0.39, 0.29) is 5.56 Å². The lowest BCUT2D eigenvalue weighted by atomic mass is 10.1. The third-order valence-electron chi connectivity index (χ3n) is 4.42. The van der Waals surface area contributed by atoms with Gasteiger partial charge in [0.05, 0.1) is 6.61 Å². The van der Waals surface area contributed by atoms with Crippen LogP contribution in [0.3, 0.4) is 0 Å². The third kappa shape index (κ3) is 3.19. The zero-order valence-electron chi connectivity index (χ0n) is 12.8. The molecule has 118 valence electrons.